The molecule has 0 spiro atoms. The molecule has 0 fully saturated rings. The van der Waals surface area contributed by atoms with Crippen LogP contribution in [0.2, 0.25) is 0 Å². The van der Waals surface area contributed by atoms with Crippen molar-refractivity contribution in [2.45, 2.75) is 6.54 Å². The van der Waals surface area contributed by atoms with E-state index < -0.39 is 23.4 Å². The van der Waals surface area contributed by atoms with Gasteiger partial charge in [0.05, 0.1) is 19.2 Å². The highest BCUT2D eigenvalue weighted by atomic mass is 19.1. The Labute approximate surface area is 137 Å². The van der Waals surface area contributed by atoms with Crippen molar-refractivity contribution in [1.82, 2.24) is 4.90 Å². The third-order valence-corrected chi connectivity index (χ3v) is 3.78. The van der Waals surface area contributed by atoms with Gasteiger partial charge in [0.15, 0.2) is 5.76 Å². The molecular formula is C18H14FNO4. The van der Waals surface area contributed by atoms with E-state index >= 15 is 0 Å². The number of hydrogen-bond donors (Lipinski definition) is 1. The third-order valence-electron chi connectivity index (χ3n) is 3.78. The Morgan fingerprint density at radius 3 is 2.21 bits per heavy atom. The number of carbonyl (C=O) groups is 2. The fraction of sp³-hybridized carbons (Fsp3) is 0.111. The lowest BCUT2D eigenvalue weighted by Gasteiger charge is -2.14. The van der Waals surface area contributed by atoms with E-state index in [9.17, 15) is 19.1 Å². The van der Waals surface area contributed by atoms with Gasteiger partial charge < -0.3 is 9.84 Å². The summed E-state index contributed by atoms with van der Waals surface area (Å²) in [4.78, 5) is 25.7. The Morgan fingerprint density at radius 1 is 1.00 bits per heavy atom. The van der Waals surface area contributed by atoms with Crippen LogP contribution in [0, 0.1) is 5.82 Å². The number of halogens is 1. The molecule has 24 heavy (non-hydrogen) atoms. The zero-order valence-electron chi connectivity index (χ0n) is 12.8. The number of amides is 2. The molecular weight excluding hydrogens is 313 g/mol. The van der Waals surface area contributed by atoms with E-state index in [2.05, 4.69) is 0 Å². The molecule has 1 heterocycles. The van der Waals surface area contributed by atoms with Crippen LogP contribution in [0.4, 0.5) is 4.39 Å². The molecule has 1 aliphatic rings. The minimum atomic E-state index is -0.768. The van der Waals surface area contributed by atoms with E-state index in [0.29, 0.717) is 16.9 Å². The molecule has 1 N–H and O–H groups in total. The van der Waals surface area contributed by atoms with E-state index in [1.54, 1.807) is 24.3 Å². The molecule has 2 amide bonds. The second kappa shape index (κ2) is 6.16. The molecule has 0 bridgehead atoms. The molecule has 0 radical (unpaired) electrons. The number of methoxy groups -OCH3 is 1. The standard InChI is InChI=1S/C18H14FNO4/c1-24-14-8-4-12(5-9-14)15-16(21)18(23)20(17(15)22)10-11-2-6-13(19)7-3-11/h2-9,21H,10H2,1H3. The van der Waals surface area contributed by atoms with Crippen LogP contribution < -0.4 is 4.74 Å². The van der Waals surface area contributed by atoms with Gasteiger partial charge in [-0.15, -0.1) is 0 Å². The Balaban J connectivity index is 1.87. The molecule has 3 rings (SSSR count). The van der Waals surface area contributed by atoms with Crippen LogP contribution in [0.25, 0.3) is 5.57 Å². The topological polar surface area (TPSA) is 66.8 Å². The first-order valence-electron chi connectivity index (χ1n) is 7.19. The van der Waals surface area contributed by atoms with E-state index in [1.807, 2.05) is 0 Å². The number of imide groups is 1. The molecule has 2 aromatic carbocycles. The third kappa shape index (κ3) is 2.74. The van der Waals surface area contributed by atoms with Crippen molar-refractivity contribution in [3.8, 4) is 5.75 Å². The number of hydrogen-bond acceptors (Lipinski definition) is 4. The van der Waals surface area contributed by atoms with Crippen molar-refractivity contribution in [3.63, 3.8) is 0 Å². The molecule has 0 aromatic heterocycles. The normalized spacial score (nSPS) is 14.5. The van der Waals surface area contributed by atoms with Crippen LogP contribution in [0.15, 0.2) is 54.3 Å². The van der Waals surface area contributed by atoms with Crippen LogP contribution in [0.1, 0.15) is 11.1 Å². The van der Waals surface area contributed by atoms with Gasteiger partial charge in [0, 0.05) is 0 Å². The minimum absolute atomic E-state index is 0.0400. The van der Waals surface area contributed by atoms with Crippen LogP contribution in [-0.2, 0) is 16.1 Å². The highest BCUT2D eigenvalue weighted by molar-refractivity contribution is 6.34. The Hall–Kier alpha value is -3.15. The smallest absolute Gasteiger partial charge is 0.296 e. The van der Waals surface area contributed by atoms with Crippen molar-refractivity contribution >= 4 is 17.4 Å². The molecule has 5 nitrogen and oxygen atoms in total. The number of rotatable bonds is 4. The first-order valence-corrected chi connectivity index (χ1v) is 7.19. The molecule has 0 saturated heterocycles. The minimum Gasteiger partial charge on any atom is -0.502 e. The maximum absolute atomic E-state index is 13.0. The summed E-state index contributed by atoms with van der Waals surface area (Å²) in [6.45, 7) is -0.0400. The second-order valence-electron chi connectivity index (χ2n) is 5.28. The molecule has 1 aliphatic heterocycles. The van der Waals surface area contributed by atoms with Crippen LogP contribution in [0.5, 0.6) is 5.75 Å². The molecule has 0 saturated carbocycles. The largest absolute Gasteiger partial charge is 0.502 e. The van der Waals surface area contributed by atoms with E-state index in [-0.39, 0.29) is 12.1 Å². The second-order valence-corrected chi connectivity index (χ2v) is 5.28. The summed E-state index contributed by atoms with van der Waals surface area (Å²) in [5, 5.41) is 10.1. The Kier molecular flexibility index (Phi) is 4.04. The summed E-state index contributed by atoms with van der Waals surface area (Å²) in [5.74, 6) is -1.76. The van der Waals surface area contributed by atoms with Crippen molar-refractivity contribution in [2.75, 3.05) is 7.11 Å². The number of aliphatic hydroxyl groups is 1. The Morgan fingerprint density at radius 2 is 1.62 bits per heavy atom. The van der Waals surface area contributed by atoms with Gasteiger partial charge in [0.2, 0.25) is 0 Å². The van der Waals surface area contributed by atoms with Gasteiger partial charge in [-0.1, -0.05) is 24.3 Å². The van der Waals surface area contributed by atoms with Crippen molar-refractivity contribution in [3.05, 3.63) is 71.2 Å². The summed E-state index contributed by atoms with van der Waals surface area (Å²) >= 11 is 0. The number of aliphatic hydroxyl groups excluding tert-OH is 1. The molecule has 0 aliphatic carbocycles. The predicted molar refractivity (Wildman–Crippen MR) is 84.5 cm³/mol. The first kappa shape index (κ1) is 15.7. The van der Waals surface area contributed by atoms with Gasteiger partial charge in [-0.2, -0.15) is 0 Å². The highest BCUT2D eigenvalue weighted by Crippen LogP contribution is 2.30. The van der Waals surface area contributed by atoms with Crippen LogP contribution in [0.3, 0.4) is 0 Å². The van der Waals surface area contributed by atoms with Crippen LogP contribution >= 0.6 is 0 Å². The molecule has 6 heteroatoms. The number of nitrogens with zero attached hydrogens (tertiary/aromatic N) is 1. The highest BCUT2D eigenvalue weighted by Gasteiger charge is 2.39. The van der Waals surface area contributed by atoms with Gasteiger partial charge >= 0.3 is 0 Å². The van der Waals surface area contributed by atoms with E-state index in [0.717, 1.165) is 4.90 Å². The van der Waals surface area contributed by atoms with Crippen molar-refractivity contribution in [1.29, 1.82) is 0 Å². The van der Waals surface area contributed by atoms with Crippen LogP contribution in [-0.4, -0.2) is 28.9 Å². The average Bonchev–Trinajstić information content (AvgIpc) is 2.80. The molecule has 122 valence electrons. The fourth-order valence-corrected chi connectivity index (χ4v) is 2.50. The van der Waals surface area contributed by atoms with Gasteiger partial charge in [0.1, 0.15) is 11.6 Å². The van der Waals surface area contributed by atoms with E-state index in [4.69, 9.17) is 4.74 Å². The SMILES string of the molecule is COc1ccc(C2=C(O)C(=O)N(Cc3ccc(F)cc3)C2=O)cc1. The van der Waals surface area contributed by atoms with Crippen molar-refractivity contribution < 1.29 is 23.8 Å². The lowest BCUT2D eigenvalue weighted by Crippen LogP contribution is -2.31. The Bertz CT molecular complexity index is 825. The van der Waals surface area contributed by atoms with E-state index in [1.165, 1.54) is 31.4 Å². The maximum atomic E-state index is 13.0. The molecule has 0 atom stereocenters. The van der Waals surface area contributed by atoms with Crippen molar-refractivity contribution in [2.24, 2.45) is 0 Å². The number of ether oxygens (including phenoxy) is 1. The fourth-order valence-electron chi connectivity index (χ4n) is 2.50. The number of carbonyl (C=O) groups excluding carboxylic acids is 2. The summed E-state index contributed by atoms with van der Waals surface area (Å²) in [6, 6.07) is 11.9. The lowest BCUT2D eigenvalue weighted by atomic mass is 10.1. The molecule has 2 aromatic rings. The summed E-state index contributed by atoms with van der Waals surface area (Å²) < 4.78 is 18.0. The summed E-state index contributed by atoms with van der Waals surface area (Å²) in [5.41, 5.74) is 0.958. The monoisotopic (exact) mass is 327 g/mol. The zero-order chi connectivity index (χ0) is 17.3. The van der Waals surface area contributed by atoms with Gasteiger partial charge in [0.25, 0.3) is 11.8 Å². The number of benzene rings is 2. The van der Waals surface area contributed by atoms with Gasteiger partial charge in [-0.3, -0.25) is 14.5 Å². The summed E-state index contributed by atoms with van der Waals surface area (Å²) in [6.07, 6.45) is 0. The maximum Gasteiger partial charge on any atom is 0.296 e. The predicted octanol–water partition coefficient (Wildman–Crippen LogP) is 2.67. The molecule has 0 unspecified atom stereocenters. The average molecular weight is 327 g/mol. The first-order chi connectivity index (χ1) is 11.5. The summed E-state index contributed by atoms with van der Waals surface area (Å²) in [7, 11) is 1.51. The lowest BCUT2D eigenvalue weighted by molar-refractivity contribution is -0.138. The van der Waals surface area contributed by atoms with Gasteiger partial charge in [-0.25, -0.2) is 4.39 Å². The zero-order valence-corrected chi connectivity index (χ0v) is 12.8. The van der Waals surface area contributed by atoms with Gasteiger partial charge in [-0.05, 0) is 35.4 Å². The quantitative estimate of drug-likeness (QED) is 0.877.